The number of para-hydroxylation sites is 2. The largest absolute Gasteiger partial charge is 0.328 e. The monoisotopic (exact) mass is 171 g/mol. The smallest absolute Gasteiger partial charge is 0.113 e. The molecule has 0 amide bonds. The van der Waals surface area contributed by atoms with Gasteiger partial charge in [-0.1, -0.05) is 12.1 Å². The second kappa shape index (κ2) is 2.59. The Kier molecular flexibility index (Phi) is 1.42. The minimum atomic E-state index is 1.12. The average Bonchev–Trinajstić information content (AvgIpc) is 2.56. The number of hydrogen-bond donors (Lipinski definition) is 0. The summed E-state index contributed by atoms with van der Waals surface area (Å²) in [4.78, 5) is 4.56. The predicted molar refractivity (Wildman–Crippen MR) is 52.4 cm³/mol. The first-order valence-electron chi connectivity index (χ1n) is 4.73. The maximum absolute atomic E-state index is 4.56. The average molecular weight is 171 g/mol. The van der Waals surface area contributed by atoms with E-state index in [0.29, 0.717) is 0 Å². The van der Waals surface area contributed by atoms with Crippen molar-refractivity contribution >= 4 is 11.0 Å². The molecular formula is C11H11N2. The number of benzene rings is 1. The Morgan fingerprint density at radius 3 is 3.15 bits per heavy atom. The van der Waals surface area contributed by atoms with Crippen molar-refractivity contribution in [3.05, 3.63) is 36.5 Å². The van der Waals surface area contributed by atoms with Gasteiger partial charge in [0, 0.05) is 13.0 Å². The van der Waals surface area contributed by atoms with Gasteiger partial charge in [0.05, 0.1) is 11.0 Å². The van der Waals surface area contributed by atoms with Crippen molar-refractivity contribution in [2.24, 2.45) is 0 Å². The van der Waals surface area contributed by atoms with Gasteiger partial charge in [-0.25, -0.2) is 4.98 Å². The summed E-state index contributed by atoms with van der Waals surface area (Å²) in [7, 11) is 0. The van der Waals surface area contributed by atoms with Gasteiger partial charge in [-0.2, -0.15) is 0 Å². The first kappa shape index (κ1) is 7.13. The predicted octanol–water partition coefficient (Wildman–Crippen LogP) is 2.38. The molecule has 1 aliphatic rings. The Bertz CT molecular complexity index is 442. The third-order valence-electron chi connectivity index (χ3n) is 2.60. The van der Waals surface area contributed by atoms with Crippen LogP contribution in [0.4, 0.5) is 0 Å². The fourth-order valence-corrected chi connectivity index (χ4v) is 1.97. The highest BCUT2D eigenvalue weighted by atomic mass is 15.1. The molecule has 2 heterocycles. The van der Waals surface area contributed by atoms with Crippen molar-refractivity contribution in [1.29, 1.82) is 0 Å². The summed E-state index contributed by atoms with van der Waals surface area (Å²) in [5.41, 5.74) is 2.39. The Labute approximate surface area is 77.2 Å². The third kappa shape index (κ3) is 0.981. The molecule has 1 aromatic heterocycles. The quantitative estimate of drug-likeness (QED) is 0.595. The molecule has 0 spiro atoms. The van der Waals surface area contributed by atoms with Gasteiger partial charge in [0.15, 0.2) is 0 Å². The number of fused-ring (bicyclic) bond motifs is 3. The lowest BCUT2D eigenvalue weighted by molar-refractivity contribution is 0.594. The number of imidazole rings is 1. The molecule has 13 heavy (non-hydrogen) atoms. The van der Waals surface area contributed by atoms with E-state index in [1.807, 2.05) is 6.07 Å². The number of aryl methyl sites for hydroxylation is 1. The number of hydrogen-bond acceptors (Lipinski definition) is 1. The summed E-state index contributed by atoms with van der Waals surface area (Å²) < 4.78 is 2.30. The Morgan fingerprint density at radius 1 is 1.23 bits per heavy atom. The van der Waals surface area contributed by atoms with Crippen molar-refractivity contribution in [1.82, 2.24) is 9.55 Å². The minimum absolute atomic E-state index is 1.12. The molecule has 0 saturated heterocycles. The van der Waals surface area contributed by atoms with E-state index in [9.17, 15) is 0 Å². The minimum Gasteiger partial charge on any atom is -0.328 e. The molecule has 2 aromatic rings. The Hall–Kier alpha value is -1.31. The highest BCUT2D eigenvalue weighted by Gasteiger charge is 2.13. The van der Waals surface area contributed by atoms with Crippen molar-refractivity contribution in [3.63, 3.8) is 0 Å². The molecule has 0 N–H and O–H groups in total. The molecule has 0 aliphatic carbocycles. The van der Waals surface area contributed by atoms with E-state index in [0.717, 1.165) is 17.9 Å². The van der Waals surface area contributed by atoms with E-state index >= 15 is 0 Å². The van der Waals surface area contributed by atoms with Crippen LogP contribution in [0.3, 0.4) is 0 Å². The molecule has 0 bridgehead atoms. The van der Waals surface area contributed by atoms with Gasteiger partial charge in [-0.05, 0) is 25.0 Å². The van der Waals surface area contributed by atoms with Crippen LogP contribution in [0.15, 0.2) is 24.3 Å². The van der Waals surface area contributed by atoms with E-state index in [2.05, 4.69) is 34.2 Å². The molecule has 65 valence electrons. The summed E-state index contributed by atoms with van der Waals surface area (Å²) in [6, 6.07) is 8.34. The summed E-state index contributed by atoms with van der Waals surface area (Å²) >= 11 is 0. The zero-order valence-electron chi connectivity index (χ0n) is 7.40. The van der Waals surface area contributed by atoms with E-state index in [1.54, 1.807) is 0 Å². The number of nitrogens with zero attached hydrogens (tertiary/aromatic N) is 2. The Morgan fingerprint density at radius 2 is 2.15 bits per heavy atom. The highest BCUT2D eigenvalue weighted by molar-refractivity contribution is 5.76. The molecule has 0 saturated carbocycles. The van der Waals surface area contributed by atoms with E-state index in [4.69, 9.17) is 0 Å². The van der Waals surface area contributed by atoms with Crippen LogP contribution in [0.5, 0.6) is 0 Å². The maximum Gasteiger partial charge on any atom is 0.113 e. The summed E-state index contributed by atoms with van der Waals surface area (Å²) in [6.07, 6.45) is 4.64. The molecule has 3 rings (SSSR count). The normalized spacial score (nSPS) is 16.0. The van der Waals surface area contributed by atoms with Crippen molar-refractivity contribution < 1.29 is 0 Å². The van der Waals surface area contributed by atoms with Gasteiger partial charge in [-0.15, -0.1) is 0 Å². The molecule has 0 atom stereocenters. The van der Waals surface area contributed by atoms with Crippen LogP contribution in [0.25, 0.3) is 11.0 Å². The Balaban J connectivity index is 2.34. The second-order valence-corrected chi connectivity index (χ2v) is 3.46. The van der Waals surface area contributed by atoms with E-state index in [1.165, 1.54) is 18.4 Å². The standard InChI is InChI=1S/C11H11N2/c1-2-6-10-9(5-1)12-11-7-3-4-8-13(10)11/h1-2,5-7H,3-4,8H2. The fourth-order valence-electron chi connectivity index (χ4n) is 1.97. The van der Waals surface area contributed by atoms with Crippen LogP contribution in [0.2, 0.25) is 0 Å². The second-order valence-electron chi connectivity index (χ2n) is 3.46. The lowest BCUT2D eigenvalue weighted by Crippen LogP contribution is -2.08. The van der Waals surface area contributed by atoms with E-state index in [-0.39, 0.29) is 0 Å². The zero-order valence-corrected chi connectivity index (χ0v) is 7.40. The molecule has 2 heteroatoms. The topological polar surface area (TPSA) is 17.8 Å². The molecule has 1 aromatic carbocycles. The van der Waals surface area contributed by atoms with Crippen LogP contribution in [0, 0.1) is 6.42 Å². The van der Waals surface area contributed by atoms with Gasteiger partial charge in [-0.3, -0.25) is 0 Å². The van der Waals surface area contributed by atoms with Crippen LogP contribution < -0.4 is 0 Å². The molecule has 0 unspecified atom stereocenters. The van der Waals surface area contributed by atoms with Crippen LogP contribution in [0.1, 0.15) is 18.7 Å². The molecule has 1 radical (unpaired) electrons. The molecule has 2 nitrogen and oxygen atoms in total. The number of aromatic nitrogens is 2. The first-order valence-corrected chi connectivity index (χ1v) is 4.73. The van der Waals surface area contributed by atoms with Gasteiger partial charge in [0.2, 0.25) is 0 Å². The molecule has 0 fully saturated rings. The maximum atomic E-state index is 4.56. The SMILES string of the molecule is [CH]1CCCn2c1nc1ccccc12. The van der Waals surface area contributed by atoms with Crippen LogP contribution >= 0.6 is 0 Å². The lowest BCUT2D eigenvalue weighted by atomic mass is 10.2. The summed E-state index contributed by atoms with van der Waals surface area (Å²) in [6.45, 7) is 1.12. The number of rotatable bonds is 0. The van der Waals surface area contributed by atoms with Crippen molar-refractivity contribution in [2.75, 3.05) is 0 Å². The van der Waals surface area contributed by atoms with E-state index < -0.39 is 0 Å². The highest BCUT2D eigenvalue weighted by Crippen LogP contribution is 2.22. The lowest BCUT2D eigenvalue weighted by Gasteiger charge is -2.13. The summed E-state index contributed by atoms with van der Waals surface area (Å²) in [5.74, 6) is 1.15. The zero-order chi connectivity index (χ0) is 8.67. The van der Waals surface area contributed by atoms with Crippen LogP contribution in [-0.4, -0.2) is 9.55 Å². The fraction of sp³-hybridized carbons (Fsp3) is 0.273. The van der Waals surface area contributed by atoms with Crippen molar-refractivity contribution in [3.8, 4) is 0 Å². The van der Waals surface area contributed by atoms with Crippen LogP contribution in [-0.2, 0) is 6.54 Å². The van der Waals surface area contributed by atoms with Gasteiger partial charge < -0.3 is 4.57 Å². The molecular weight excluding hydrogens is 160 g/mol. The van der Waals surface area contributed by atoms with Crippen molar-refractivity contribution in [2.45, 2.75) is 19.4 Å². The van der Waals surface area contributed by atoms with Gasteiger partial charge in [0.1, 0.15) is 5.82 Å². The third-order valence-corrected chi connectivity index (χ3v) is 2.60. The molecule has 1 aliphatic heterocycles. The summed E-state index contributed by atoms with van der Waals surface area (Å²) in [5, 5.41) is 0. The van der Waals surface area contributed by atoms with Gasteiger partial charge >= 0.3 is 0 Å². The first-order chi connectivity index (χ1) is 6.45. The van der Waals surface area contributed by atoms with Gasteiger partial charge in [0.25, 0.3) is 0 Å².